The van der Waals surface area contributed by atoms with E-state index in [0.29, 0.717) is 6.42 Å². The van der Waals surface area contributed by atoms with E-state index < -0.39 is 49.5 Å². The second-order valence-electron chi connectivity index (χ2n) is 23.2. The van der Waals surface area contributed by atoms with Gasteiger partial charge in [-0.15, -0.1) is 0 Å². The molecule has 1 aliphatic rings. The van der Waals surface area contributed by atoms with Gasteiger partial charge < -0.3 is 40.3 Å². The molecule has 9 nitrogen and oxygen atoms in total. The van der Waals surface area contributed by atoms with E-state index in [0.717, 1.165) is 103 Å². The fourth-order valence-corrected chi connectivity index (χ4v) is 10.2. The lowest BCUT2D eigenvalue weighted by Crippen LogP contribution is -2.60. The second kappa shape index (κ2) is 61.7. The van der Waals surface area contributed by atoms with Gasteiger partial charge in [-0.05, 0) is 96.3 Å². The van der Waals surface area contributed by atoms with Crippen LogP contribution in [0.15, 0.2) is 122 Å². The smallest absolute Gasteiger partial charge is 0.220 e. The number of amides is 1. The van der Waals surface area contributed by atoms with Crippen LogP contribution in [-0.4, -0.2) is 87.5 Å². The lowest BCUT2D eigenvalue weighted by Gasteiger charge is -2.40. The number of hydrogen-bond donors (Lipinski definition) is 6. The average molecular weight is 1160 g/mol. The molecular formula is C74H127NO8. The third-order valence-corrected chi connectivity index (χ3v) is 15.5. The highest BCUT2D eigenvalue weighted by Gasteiger charge is 2.44. The van der Waals surface area contributed by atoms with Crippen molar-refractivity contribution in [1.82, 2.24) is 5.32 Å². The Balaban J connectivity index is 2.19. The summed E-state index contributed by atoms with van der Waals surface area (Å²) >= 11 is 0. The standard InChI is InChI=1S/C74H127NO8/c1-3-5-7-9-11-13-15-17-19-21-23-25-27-29-30-31-32-33-34-35-36-37-38-40-42-44-46-48-50-52-54-56-58-60-62-64-70(78)75-67(66-82-74-73(81)72(80)71(79)69(65-76)83-74)68(77)63-61-59-57-55-53-51-49-47-45-43-41-39-28-26-24-22-20-18-16-14-12-10-8-6-4-2/h5,7,11,13,17,19,23,25,29-30,32-33,35-36,38,40,53,55,61,63,67-69,71-74,76-77,79-81H,3-4,6,8-10,12,14-16,18,20-22,24,26-28,31,34,37,39,41-52,54,56-60,62,64-66H2,1-2H3,(H,75,78)/b7-5-,13-11-,19-17-,25-23-,30-29-,33-32-,36-35-,40-38-,55-53+,63-61+. The Morgan fingerprint density at radius 1 is 0.422 bits per heavy atom. The van der Waals surface area contributed by atoms with Crippen LogP contribution in [0.5, 0.6) is 0 Å². The summed E-state index contributed by atoms with van der Waals surface area (Å²) in [6.45, 7) is 3.67. The van der Waals surface area contributed by atoms with Crippen molar-refractivity contribution in [3.8, 4) is 0 Å². The zero-order valence-corrected chi connectivity index (χ0v) is 53.2. The van der Waals surface area contributed by atoms with E-state index in [1.165, 1.54) is 161 Å². The minimum atomic E-state index is -1.58. The van der Waals surface area contributed by atoms with Crippen molar-refractivity contribution in [2.24, 2.45) is 0 Å². The maximum absolute atomic E-state index is 13.1. The molecule has 0 aliphatic carbocycles. The topological polar surface area (TPSA) is 149 Å². The summed E-state index contributed by atoms with van der Waals surface area (Å²) in [7, 11) is 0. The van der Waals surface area contributed by atoms with Gasteiger partial charge in [0, 0.05) is 6.42 Å². The van der Waals surface area contributed by atoms with E-state index in [4.69, 9.17) is 9.47 Å². The molecule has 476 valence electrons. The molecule has 0 bridgehead atoms. The van der Waals surface area contributed by atoms with Crippen LogP contribution < -0.4 is 5.32 Å². The maximum atomic E-state index is 13.1. The molecular weight excluding hydrogens is 1030 g/mol. The van der Waals surface area contributed by atoms with Crippen molar-refractivity contribution >= 4 is 5.91 Å². The molecule has 1 fully saturated rings. The van der Waals surface area contributed by atoms with Gasteiger partial charge in [0.05, 0.1) is 25.4 Å². The minimum Gasteiger partial charge on any atom is -0.394 e. The molecule has 0 aromatic rings. The first kappa shape index (κ1) is 77.6. The Hall–Kier alpha value is -3.41. The molecule has 0 aromatic heterocycles. The summed E-state index contributed by atoms with van der Waals surface area (Å²) in [5, 5.41) is 54.7. The van der Waals surface area contributed by atoms with Gasteiger partial charge in [-0.25, -0.2) is 0 Å². The number of nitrogens with one attached hydrogen (secondary N) is 1. The second-order valence-corrected chi connectivity index (χ2v) is 23.2. The number of rotatable bonds is 58. The monoisotopic (exact) mass is 1160 g/mol. The van der Waals surface area contributed by atoms with E-state index in [1.807, 2.05) is 6.08 Å². The molecule has 83 heavy (non-hydrogen) atoms. The highest BCUT2D eigenvalue weighted by Crippen LogP contribution is 2.23. The third kappa shape index (κ3) is 50.5. The molecule has 7 unspecified atom stereocenters. The molecule has 0 saturated carbocycles. The largest absolute Gasteiger partial charge is 0.394 e. The fourth-order valence-electron chi connectivity index (χ4n) is 10.2. The highest BCUT2D eigenvalue weighted by atomic mass is 16.7. The van der Waals surface area contributed by atoms with E-state index in [1.54, 1.807) is 6.08 Å². The number of carbonyl (C=O) groups is 1. The Labute approximate surface area is 509 Å². The predicted octanol–water partition coefficient (Wildman–Crippen LogP) is 18.6. The van der Waals surface area contributed by atoms with Gasteiger partial charge in [-0.1, -0.05) is 302 Å². The first-order valence-electron chi connectivity index (χ1n) is 34.3. The molecule has 7 atom stereocenters. The zero-order valence-electron chi connectivity index (χ0n) is 53.2. The van der Waals surface area contributed by atoms with Gasteiger partial charge in [0.15, 0.2) is 6.29 Å². The predicted molar refractivity (Wildman–Crippen MR) is 354 cm³/mol. The van der Waals surface area contributed by atoms with Crippen molar-refractivity contribution in [1.29, 1.82) is 0 Å². The summed E-state index contributed by atoms with van der Waals surface area (Å²) in [6.07, 6.45) is 85.7. The van der Waals surface area contributed by atoms with Crippen LogP contribution in [-0.2, 0) is 14.3 Å². The molecule has 0 spiro atoms. The normalized spacial score (nSPS) is 19.0. The van der Waals surface area contributed by atoms with Gasteiger partial charge in [0.2, 0.25) is 5.91 Å². The Morgan fingerprint density at radius 2 is 0.759 bits per heavy atom. The summed E-state index contributed by atoms with van der Waals surface area (Å²) in [5.74, 6) is -0.194. The minimum absolute atomic E-state index is 0.194. The van der Waals surface area contributed by atoms with Crippen LogP contribution in [0.2, 0.25) is 0 Å². The summed E-state index contributed by atoms with van der Waals surface area (Å²) in [4.78, 5) is 13.1. The lowest BCUT2D eigenvalue weighted by molar-refractivity contribution is -0.302. The van der Waals surface area contributed by atoms with Crippen LogP contribution in [0.3, 0.4) is 0 Å². The summed E-state index contributed by atoms with van der Waals surface area (Å²) in [5.41, 5.74) is 0. The van der Waals surface area contributed by atoms with Crippen LogP contribution in [0.25, 0.3) is 0 Å². The quantitative estimate of drug-likeness (QED) is 0.0261. The molecule has 1 rings (SSSR count). The molecule has 9 heteroatoms. The van der Waals surface area contributed by atoms with Crippen molar-refractivity contribution in [2.75, 3.05) is 13.2 Å². The number of allylic oxidation sites excluding steroid dienone is 19. The van der Waals surface area contributed by atoms with E-state index >= 15 is 0 Å². The number of aliphatic hydroxyl groups excluding tert-OH is 5. The molecule has 1 amide bonds. The number of carbonyl (C=O) groups excluding carboxylic acids is 1. The van der Waals surface area contributed by atoms with Crippen molar-refractivity contribution in [3.05, 3.63) is 122 Å². The zero-order chi connectivity index (χ0) is 60.0. The van der Waals surface area contributed by atoms with E-state index in [9.17, 15) is 30.3 Å². The van der Waals surface area contributed by atoms with Crippen molar-refractivity contribution in [2.45, 2.75) is 326 Å². The van der Waals surface area contributed by atoms with Crippen molar-refractivity contribution < 1.29 is 39.8 Å². The van der Waals surface area contributed by atoms with Crippen LogP contribution >= 0.6 is 0 Å². The SMILES string of the molecule is CC/C=C\C/C=C\C/C=C\C/C=C\C/C=C\C/C=C\C/C=C\C/C=C\CCCCCCCCCCCCC(=O)NC(COC1OC(CO)C(O)C(O)C1O)C(O)/C=C/CC/C=C/CCCCCCCCCCCCCCCCCCCCC. The molecule has 1 saturated heterocycles. The maximum Gasteiger partial charge on any atom is 0.220 e. The van der Waals surface area contributed by atoms with Gasteiger partial charge in [-0.2, -0.15) is 0 Å². The first-order valence-corrected chi connectivity index (χ1v) is 34.3. The molecule has 6 N–H and O–H groups in total. The van der Waals surface area contributed by atoms with Crippen LogP contribution in [0, 0.1) is 0 Å². The third-order valence-electron chi connectivity index (χ3n) is 15.5. The molecule has 0 radical (unpaired) electrons. The highest BCUT2D eigenvalue weighted by molar-refractivity contribution is 5.76. The van der Waals surface area contributed by atoms with E-state index in [2.05, 4.69) is 129 Å². The van der Waals surface area contributed by atoms with Crippen molar-refractivity contribution in [3.63, 3.8) is 0 Å². The molecule has 1 heterocycles. The molecule has 1 aliphatic heterocycles. The van der Waals surface area contributed by atoms with Gasteiger partial charge in [0.1, 0.15) is 24.4 Å². The number of aliphatic hydroxyl groups is 5. The molecule has 0 aromatic carbocycles. The van der Waals surface area contributed by atoms with Crippen LogP contribution in [0.1, 0.15) is 284 Å². The summed E-state index contributed by atoms with van der Waals surface area (Å²) in [6, 6.07) is -0.834. The number of ether oxygens (including phenoxy) is 2. The fraction of sp³-hybridized carbons (Fsp3) is 0.716. The lowest BCUT2D eigenvalue weighted by atomic mass is 9.99. The Kier molecular flexibility index (Phi) is 57.7. The Bertz CT molecular complexity index is 1720. The average Bonchev–Trinajstić information content (AvgIpc) is 3.60. The number of unbranched alkanes of at least 4 members (excludes halogenated alkanes) is 30. The van der Waals surface area contributed by atoms with Crippen LogP contribution in [0.4, 0.5) is 0 Å². The summed E-state index contributed by atoms with van der Waals surface area (Å²) < 4.78 is 11.3. The van der Waals surface area contributed by atoms with Gasteiger partial charge in [0.25, 0.3) is 0 Å². The van der Waals surface area contributed by atoms with E-state index in [-0.39, 0.29) is 12.5 Å². The van der Waals surface area contributed by atoms with Gasteiger partial charge in [-0.3, -0.25) is 4.79 Å². The Morgan fingerprint density at radius 3 is 1.16 bits per heavy atom. The van der Waals surface area contributed by atoms with Gasteiger partial charge >= 0.3 is 0 Å². The number of hydrogen-bond acceptors (Lipinski definition) is 8. The first-order chi connectivity index (χ1) is 40.8.